The van der Waals surface area contributed by atoms with Crippen molar-refractivity contribution >= 4 is 35.3 Å². The molecule has 2 rings (SSSR count). The van der Waals surface area contributed by atoms with Crippen molar-refractivity contribution in [1.82, 2.24) is 9.97 Å². The largest absolute Gasteiger partial charge is 0.456 e. The number of carbonyl (C=O) groups excluding carboxylic acids is 1. The summed E-state index contributed by atoms with van der Waals surface area (Å²) in [6.45, 7) is 5.42. The molecule has 0 aliphatic carbocycles. The number of ether oxygens (including phenoxy) is 1. The van der Waals surface area contributed by atoms with Gasteiger partial charge in [-0.3, -0.25) is 0 Å². The molecule has 0 aliphatic rings. The third-order valence-electron chi connectivity index (χ3n) is 2.31. The van der Waals surface area contributed by atoms with Gasteiger partial charge < -0.3 is 15.5 Å². The minimum atomic E-state index is -0.554. The fraction of sp³-hybridized carbons (Fsp3) is 0.333. The number of nitrogens with zero attached hydrogens (tertiary/aromatic N) is 1. The zero-order chi connectivity index (χ0) is 13.5. The van der Waals surface area contributed by atoms with E-state index >= 15 is 0 Å². The number of carbonyl (C=O) groups is 1. The number of benzene rings is 1. The zero-order valence-electron chi connectivity index (χ0n) is 10.4. The van der Waals surface area contributed by atoms with Crippen molar-refractivity contribution in [2.75, 3.05) is 5.73 Å². The molecule has 1 heterocycles. The lowest BCUT2D eigenvalue weighted by Crippen LogP contribution is -2.24. The van der Waals surface area contributed by atoms with Crippen LogP contribution in [0.4, 0.5) is 5.69 Å². The van der Waals surface area contributed by atoms with Gasteiger partial charge in [-0.1, -0.05) is 0 Å². The molecular weight excluding hydrogens is 250 g/mol. The third-order valence-corrected chi connectivity index (χ3v) is 2.52. The number of thiol groups is 1. The number of nitrogens with one attached hydrogen (secondary N) is 1. The van der Waals surface area contributed by atoms with Crippen LogP contribution in [0.3, 0.4) is 0 Å². The Hall–Kier alpha value is -1.69. The molecule has 18 heavy (non-hydrogen) atoms. The lowest BCUT2D eigenvalue weighted by Gasteiger charge is -2.20. The second-order valence-electron chi connectivity index (χ2n) is 4.98. The van der Waals surface area contributed by atoms with Gasteiger partial charge in [-0.15, -0.1) is 12.6 Å². The molecule has 0 unspecified atom stereocenters. The summed E-state index contributed by atoms with van der Waals surface area (Å²) in [6.07, 6.45) is 0. The first-order valence-corrected chi connectivity index (χ1v) is 5.93. The zero-order valence-corrected chi connectivity index (χ0v) is 11.3. The first-order chi connectivity index (χ1) is 8.28. The summed E-state index contributed by atoms with van der Waals surface area (Å²) in [7, 11) is 0. The molecule has 96 valence electrons. The molecule has 0 aliphatic heterocycles. The molecular formula is C12H15N3O2S. The average Bonchev–Trinajstić information content (AvgIpc) is 2.57. The molecule has 0 spiro atoms. The summed E-state index contributed by atoms with van der Waals surface area (Å²) in [4.78, 5) is 19.0. The predicted octanol–water partition coefficient (Wildman–Crippen LogP) is 2.39. The summed E-state index contributed by atoms with van der Waals surface area (Å²) in [5.74, 6) is -0.447. The lowest BCUT2D eigenvalue weighted by atomic mass is 10.1. The highest BCUT2D eigenvalue weighted by atomic mass is 32.1. The highest BCUT2D eigenvalue weighted by Crippen LogP contribution is 2.25. The topological polar surface area (TPSA) is 81.0 Å². The maximum Gasteiger partial charge on any atom is 0.340 e. The van der Waals surface area contributed by atoms with E-state index in [2.05, 4.69) is 22.6 Å². The molecule has 0 fully saturated rings. The normalized spacial score (nSPS) is 11.8. The maximum atomic E-state index is 12.0. The van der Waals surface area contributed by atoms with Crippen molar-refractivity contribution in [3.8, 4) is 0 Å². The van der Waals surface area contributed by atoms with E-state index in [9.17, 15) is 4.79 Å². The van der Waals surface area contributed by atoms with Crippen molar-refractivity contribution in [3.63, 3.8) is 0 Å². The van der Waals surface area contributed by atoms with Crippen LogP contribution in [-0.2, 0) is 4.74 Å². The van der Waals surface area contributed by atoms with E-state index in [-0.39, 0.29) is 0 Å². The van der Waals surface area contributed by atoms with Gasteiger partial charge in [-0.05, 0) is 32.9 Å². The Labute approximate surface area is 110 Å². The SMILES string of the molecule is CC(C)(C)OC(=O)c1ccc2nc(S)[nH]c2c1N. The highest BCUT2D eigenvalue weighted by Gasteiger charge is 2.21. The van der Waals surface area contributed by atoms with E-state index in [4.69, 9.17) is 10.5 Å². The number of hydrogen-bond acceptors (Lipinski definition) is 5. The number of hydrogen-bond donors (Lipinski definition) is 3. The van der Waals surface area contributed by atoms with E-state index in [1.54, 1.807) is 12.1 Å². The second kappa shape index (κ2) is 4.20. The second-order valence-corrected chi connectivity index (χ2v) is 5.41. The smallest absolute Gasteiger partial charge is 0.340 e. The maximum absolute atomic E-state index is 12.0. The van der Waals surface area contributed by atoms with Gasteiger partial charge in [0.2, 0.25) is 0 Å². The number of nitrogens with two attached hydrogens (primary N) is 1. The molecule has 0 saturated carbocycles. The molecule has 1 aromatic carbocycles. The number of anilines is 1. The summed E-state index contributed by atoms with van der Waals surface area (Å²) in [6, 6.07) is 3.32. The molecule has 6 heteroatoms. The van der Waals surface area contributed by atoms with Gasteiger partial charge in [0.1, 0.15) is 5.60 Å². The van der Waals surface area contributed by atoms with Gasteiger partial charge in [0.25, 0.3) is 0 Å². The van der Waals surface area contributed by atoms with Crippen LogP contribution in [0.25, 0.3) is 11.0 Å². The summed E-state index contributed by atoms with van der Waals surface area (Å²) in [5, 5.41) is 0.457. The number of aromatic amines is 1. The molecule has 0 radical (unpaired) electrons. The van der Waals surface area contributed by atoms with E-state index in [0.29, 0.717) is 27.4 Å². The van der Waals surface area contributed by atoms with Crippen LogP contribution in [0.1, 0.15) is 31.1 Å². The Morgan fingerprint density at radius 3 is 2.72 bits per heavy atom. The Balaban J connectivity index is 2.46. The van der Waals surface area contributed by atoms with Gasteiger partial charge in [-0.25, -0.2) is 9.78 Å². The molecule has 1 aromatic heterocycles. The minimum Gasteiger partial charge on any atom is -0.456 e. The summed E-state index contributed by atoms with van der Waals surface area (Å²) >= 11 is 4.11. The van der Waals surface area contributed by atoms with E-state index in [0.717, 1.165) is 0 Å². The fourth-order valence-corrected chi connectivity index (χ4v) is 1.82. The van der Waals surface area contributed by atoms with Gasteiger partial charge in [0.05, 0.1) is 22.3 Å². The van der Waals surface area contributed by atoms with Gasteiger partial charge in [0, 0.05) is 0 Å². The number of esters is 1. The Bertz CT molecular complexity index is 614. The van der Waals surface area contributed by atoms with Crippen molar-refractivity contribution in [2.24, 2.45) is 0 Å². The number of nitrogen functional groups attached to an aromatic ring is 1. The average molecular weight is 265 g/mol. The minimum absolute atomic E-state index is 0.328. The van der Waals surface area contributed by atoms with E-state index < -0.39 is 11.6 Å². The number of H-pyrrole nitrogens is 1. The van der Waals surface area contributed by atoms with Crippen LogP contribution in [0.2, 0.25) is 0 Å². The van der Waals surface area contributed by atoms with Crippen LogP contribution in [0, 0.1) is 0 Å². The Kier molecular flexibility index (Phi) is 2.98. The molecule has 0 atom stereocenters. The van der Waals surface area contributed by atoms with Crippen molar-refractivity contribution in [2.45, 2.75) is 31.5 Å². The van der Waals surface area contributed by atoms with Crippen LogP contribution in [-0.4, -0.2) is 21.5 Å². The Morgan fingerprint density at radius 2 is 2.11 bits per heavy atom. The number of fused-ring (bicyclic) bond motifs is 1. The first kappa shape index (κ1) is 12.8. The molecule has 2 aromatic rings. The van der Waals surface area contributed by atoms with Crippen LogP contribution < -0.4 is 5.73 Å². The molecule has 0 bridgehead atoms. The molecule has 0 amide bonds. The molecule has 0 saturated heterocycles. The summed E-state index contributed by atoms with van der Waals surface area (Å²) in [5.41, 5.74) is 7.32. The standard InChI is InChI=1S/C12H15N3O2S/c1-12(2,3)17-10(16)6-4-5-7-9(8(6)13)15-11(18)14-7/h4-5H,13H2,1-3H3,(H2,14,15,18). The van der Waals surface area contributed by atoms with E-state index in [1.165, 1.54) is 0 Å². The number of imidazole rings is 1. The Morgan fingerprint density at radius 1 is 1.44 bits per heavy atom. The molecule has 5 nitrogen and oxygen atoms in total. The van der Waals surface area contributed by atoms with E-state index in [1.807, 2.05) is 20.8 Å². The van der Waals surface area contributed by atoms with Gasteiger partial charge >= 0.3 is 5.97 Å². The first-order valence-electron chi connectivity index (χ1n) is 5.48. The monoisotopic (exact) mass is 265 g/mol. The van der Waals surface area contributed by atoms with Crippen LogP contribution >= 0.6 is 12.6 Å². The van der Waals surface area contributed by atoms with Crippen molar-refractivity contribution in [1.29, 1.82) is 0 Å². The number of aromatic nitrogens is 2. The van der Waals surface area contributed by atoms with Gasteiger partial charge in [-0.2, -0.15) is 0 Å². The quantitative estimate of drug-likeness (QED) is 0.420. The van der Waals surface area contributed by atoms with Crippen molar-refractivity contribution in [3.05, 3.63) is 17.7 Å². The van der Waals surface area contributed by atoms with Crippen LogP contribution in [0.5, 0.6) is 0 Å². The highest BCUT2D eigenvalue weighted by molar-refractivity contribution is 7.80. The summed E-state index contributed by atoms with van der Waals surface area (Å²) < 4.78 is 5.29. The van der Waals surface area contributed by atoms with Gasteiger partial charge in [0.15, 0.2) is 5.16 Å². The predicted molar refractivity (Wildman–Crippen MR) is 72.9 cm³/mol. The lowest BCUT2D eigenvalue weighted by molar-refractivity contribution is 0.00709. The fourth-order valence-electron chi connectivity index (χ4n) is 1.60. The van der Waals surface area contributed by atoms with Crippen molar-refractivity contribution < 1.29 is 9.53 Å². The number of rotatable bonds is 1. The third kappa shape index (κ3) is 2.43. The van der Waals surface area contributed by atoms with Crippen LogP contribution in [0.15, 0.2) is 17.3 Å². The molecule has 3 N–H and O–H groups in total.